The topological polar surface area (TPSA) is 12.9 Å². The van der Waals surface area contributed by atoms with Crippen LogP contribution in [0.2, 0.25) is 0 Å². The number of hydrogen-bond donors (Lipinski definition) is 0. The molecule has 1 rings (SSSR count). The molecule has 0 unspecified atom stereocenters. The molecule has 6 heteroatoms. The highest BCUT2D eigenvalue weighted by molar-refractivity contribution is 9.13. The lowest BCUT2D eigenvalue weighted by atomic mass is 10.3. The zero-order chi connectivity index (χ0) is 10.0. The summed E-state index contributed by atoms with van der Waals surface area (Å²) in [5, 5.41) is 0. The van der Waals surface area contributed by atoms with Gasteiger partial charge in [0.1, 0.15) is 5.69 Å². The zero-order valence-corrected chi connectivity index (χ0v) is 10.1. The van der Waals surface area contributed by atoms with E-state index in [1.807, 2.05) is 0 Å². The molecule has 0 saturated carbocycles. The number of aromatic nitrogens is 1. The first-order valence-electron chi connectivity index (χ1n) is 3.25. The molecule has 0 spiro atoms. The third-order valence-corrected chi connectivity index (χ3v) is 3.60. The molecule has 0 radical (unpaired) electrons. The van der Waals surface area contributed by atoms with Crippen LogP contribution in [-0.4, -0.2) is 4.98 Å². The number of hydrogen-bond acceptors (Lipinski definition) is 1. The van der Waals surface area contributed by atoms with Crippen LogP contribution in [-0.2, 0) is 5.88 Å². The molecule has 0 atom stereocenters. The molecule has 72 valence electrons. The molecule has 1 aromatic heterocycles. The molecule has 13 heavy (non-hydrogen) atoms. The van der Waals surface area contributed by atoms with Gasteiger partial charge in [0.05, 0.1) is 16.0 Å². The van der Waals surface area contributed by atoms with Crippen LogP contribution in [0.5, 0.6) is 0 Å². The third kappa shape index (κ3) is 2.60. The lowest BCUT2D eigenvalue weighted by Gasteiger charge is -2.06. The number of pyridine rings is 1. The van der Waals surface area contributed by atoms with Crippen LogP contribution in [0.4, 0.5) is 8.78 Å². The van der Waals surface area contributed by atoms with Crippen LogP contribution in [0.15, 0.2) is 15.0 Å². The van der Waals surface area contributed by atoms with Crippen molar-refractivity contribution in [3.63, 3.8) is 0 Å². The fraction of sp³-hybridized carbons (Fsp3) is 0.286. The smallest absolute Gasteiger partial charge is 0.249 e. The maximum Gasteiger partial charge on any atom is 0.281 e. The number of halogens is 5. The van der Waals surface area contributed by atoms with E-state index in [0.29, 0.717) is 10.2 Å². The molecule has 0 N–H and O–H groups in total. The van der Waals surface area contributed by atoms with Crippen molar-refractivity contribution in [1.29, 1.82) is 0 Å². The van der Waals surface area contributed by atoms with Crippen molar-refractivity contribution in [3.05, 3.63) is 26.4 Å². The molecule has 0 amide bonds. The normalized spacial score (nSPS) is 10.9. The lowest BCUT2D eigenvalue weighted by molar-refractivity contribution is 0.145. The molecule has 1 nitrogen and oxygen atoms in total. The van der Waals surface area contributed by atoms with Crippen molar-refractivity contribution in [3.8, 4) is 0 Å². The largest absolute Gasteiger partial charge is 0.281 e. The Kier molecular flexibility index (Phi) is 4.06. The Labute approximate surface area is 95.8 Å². The first kappa shape index (κ1) is 11.3. The zero-order valence-electron chi connectivity index (χ0n) is 6.20. The molecule has 0 saturated heterocycles. The van der Waals surface area contributed by atoms with Gasteiger partial charge in [-0.05, 0) is 37.9 Å². The highest BCUT2D eigenvalue weighted by Crippen LogP contribution is 2.32. The summed E-state index contributed by atoms with van der Waals surface area (Å²) in [5.41, 5.74) is 0.136. The molecule has 0 aliphatic rings. The van der Waals surface area contributed by atoms with E-state index in [2.05, 4.69) is 36.8 Å². The van der Waals surface area contributed by atoms with Gasteiger partial charge in [-0.25, -0.2) is 13.8 Å². The summed E-state index contributed by atoms with van der Waals surface area (Å²) < 4.78 is 25.5. The van der Waals surface area contributed by atoms with E-state index in [1.54, 1.807) is 6.07 Å². The average molecular weight is 335 g/mol. The predicted molar refractivity (Wildman–Crippen MR) is 54.2 cm³/mol. The summed E-state index contributed by atoms with van der Waals surface area (Å²) in [6.07, 6.45) is -2.60. The summed E-state index contributed by atoms with van der Waals surface area (Å²) in [4.78, 5) is 3.69. The SMILES string of the molecule is FC(F)c1nc(CCl)cc(Br)c1Br. The number of nitrogens with zero attached hydrogens (tertiary/aromatic N) is 1. The minimum absolute atomic E-state index is 0.117. The highest BCUT2D eigenvalue weighted by Gasteiger charge is 2.16. The second-order valence-electron chi connectivity index (χ2n) is 2.23. The second-order valence-corrected chi connectivity index (χ2v) is 4.14. The van der Waals surface area contributed by atoms with Crippen LogP contribution in [0.3, 0.4) is 0 Å². The van der Waals surface area contributed by atoms with Crippen molar-refractivity contribution in [2.45, 2.75) is 12.3 Å². The minimum Gasteiger partial charge on any atom is -0.249 e. The van der Waals surface area contributed by atoms with Gasteiger partial charge in [-0.3, -0.25) is 0 Å². The highest BCUT2D eigenvalue weighted by atomic mass is 79.9. The monoisotopic (exact) mass is 333 g/mol. The summed E-state index contributed by atoms with van der Waals surface area (Å²) in [5.74, 6) is 0.117. The van der Waals surface area contributed by atoms with Crippen molar-refractivity contribution in [2.24, 2.45) is 0 Å². The van der Waals surface area contributed by atoms with Gasteiger partial charge in [0.15, 0.2) is 0 Å². The Hall–Kier alpha value is 0.260. The Morgan fingerprint density at radius 1 is 1.46 bits per heavy atom. The summed E-state index contributed by atoms with van der Waals surface area (Å²) in [7, 11) is 0. The molecule has 0 bridgehead atoms. The van der Waals surface area contributed by atoms with Gasteiger partial charge < -0.3 is 0 Å². The maximum atomic E-state index is 12.4. The van der Waals surface area contributed by atoms with Crippen LogP contribution in [0.1, 0.15) is 17.8 Å². The fourth-order valence-electron chi connectivity index (χ4n) is 0.781. The van der Waals surface area contributed by atoms with Crippen molar-refractivity contribution in [1.82, 2.24) is 4.98 Å². The fourth-order valence-corrected chi connectivity index (χ4v) is 1.76. The molecule has 1 aromatic rings. The van der Waals surface area contributed by atoms with Gasteiger partial charge in [0, 0.05) is 4.47 Å². The van der Waals surface area contributed by atoms with Crippen LogP contribution >= 0.6 is 43.5 Å². The Balaban J connectivity index is 3.25. The van der Waals surface area contributed by atoms with Gasteiger partial charge >= 0.3 is 0 Å². The van der Waals surface area contributed by atoms with E-state index < -0.39 is 6.43 Å². The van der Waals surface area contributed by atoms with E-state index in [1.165, 1.54) is 0 Å². The van der Waals surface area contributed by atoms with Crippen molar-refractivity contribution >= 4 is 43.5 Å². The maximum absolute atomic E-state index is 12.4. The first-order valence-corrected chi connectivity index (χ1v) is 5.37. The average Bonchev–Trinajstić information content (AvgIpc) is 2.09. The second kappa shape index (κ2) is 4.66. The molecular weight excluding hydrogens is 331 g/mol. The number of rotatable bonds is 2. The molecule has 0 aliphatic carbocycles. The molecule has 0 aromatic carbocycles. The third-order valence-electron chi connectivity index (χ3n) is 1.34. The predicted octanol–water partition coefficient (Wildman–Crippen LogP) is 4.28. The van der Waals surface area contributed by atoms with E-state index >= 15 is 0 Å². The van der Waals surface area contributed by atoms with Gasteiger partial charge in [0.25, 0.3) is 6.43 Å². The van der Waals surface area contributed by atoms with Crippen LogP contribution < -0.4 is 0 Å². The van der Waals surface area contributed by atoms with E-state index in [9.17, 15) is 8.78 Å². The molecular formula is C7H4Br2ClF2N. The lowest BCUT2D eigenvalue weighted by Crippen LogP contribution is -1.96. The van der Waals surface area contributed by atoms with Crippen molar-refractivity contribution < 1.29 is 8.78 Å². The van der Waals surface area contributed by atoms with Gasteiger partial charge in [-0.1, -0.05) is 0 Å². The molecule has 0 aliphatic heterocycles. The molecule has 1 heterocycles. The van der Waals surface area contributed by atoms with Gasteiger partial charge in [0.2, 0.25) is 0 Å². The van der Waals surface area contributed by atoms with Gasteiger partial charge in [-0.15, -0.1) is 11.6 Å². The Morgan fingerprint density at radius 3 is 2.54 bits per heavy atom. The number of alkyl halides is 3. The minimum atomic E-state index is -2.60. The van der Waals surface area contributed by atoms with E-state index in [0.717, 1.165) is 0 Å². The van der Waals surface area contributed by atoms with Crippen LogP contribution in [0, 0.1) is 0 Å². The van der Waals surface area contributed by atoms with E-state index in [-0.39, 0.29) is 16.0 Å². The van der Waals surface area contributed by atoms with Crippen LogP contribution in [0.25, 0.3) is 0 Å². The van der Waals surface area contributed by atoms with E-state index in [4.69, 9.17) is 11.6 Å². The summed E-state index contributed by atoms with van der Waals surface area (Å²) in [6.45, 7) is 0. The standard InChI is InChI=1S/C7H4Br2ClF2N/c8-4-1-3(2-10)13-6(5(4)9)7(11)12/h1,7H,2H2. The van der Waals surface area contributed by atoms with Gasteiger partial charge in [-0.2, -0.15) is 0 Å². The molecule has 0 fully saturated rings. The summed E-state index contributed by atoms with van der Waals surface area (Å²) in [6, 6.07) is 1.60. The Morgan fingerprint density at radius 2 is 2.08 bits per heavy atom. The quantitative estimate of drug-likeness (QED) is 0.735. The first-order chi connectivity index (χ1) is 6.06. The summed E-state index contributed by atoms with van der Waals surface area (Å²) >= 11 is 11.6. The Bertz CT molecular complexity index is 320. The van der Waals surface area contributed by atoms with Crippen molar-refractivity contribution in [2.75, 3.05) is 0 Å².